The first-order valence-corrected chi connectivity index (χ1v) is 1.78. The maximum Gasteiger partial charge on any atom is 0.147 e. The Morgan fingerprint density at radius 1 is 1.88 bits per heavy atom. The Hall–Kier alpha value is -0.372. The Bertz CT molecular complexity index is 174. The Labute approximate surface area is 60.3 Å². The molecule has 0 fully saturated rings. The molecule has 0 unspecified atom stereocenters. The first-order valence-electron chi connectivity index (χ1n) is 1.78. The van der Waals surface area contributed by atoms with E-state index in [0.717, 1.165) is 0 Å². The number of hydrogen-bond acceptors (Lipinski definition) is 3. The summed E-state index contributed by atoms with van der Waals surface area (Å²) in [5.74, 6) is 0. The van der Waals surface area contributed by atoms with Crippen LogP contribution in [0.2, 0.25) is 0 Å². The van der Waals surface area contributed by atoms with Gasteiger partial charge in [-0.2, -0.15) is 0 Å². The summed E-state index contributed by atoms with van der Waals surface area (Å²) in [4.78, 5) is 3.61. The van der Waals surface area contributed by atoms with Crippen molar-refractivity contribution >= 4 is 0 Å². The summed E-state index contributed by atoms with van der Waals surface area (Å²) in [7, 11) is 1.60. The van der Waals surface area contributed by atoms with E-state index < -0.39 is 0 Å². The van der Waals surface area contributed by atoms with Crippen molar-refractivity contribution in [2.45, 2.75) is 0 Å². The van der Waals surface area contributed by atoms with Gasteiger partial charge in [-0.05, 0) is 0 Å². The molecule has 1 heterocycles. The minimum Gasteiger partial charge on any atom is -0.598 e. The van der Waals surface area contributed by atoms with Crippen LogP contribution in [0.25, 0.3) is 0 Å². The van der Waals surface area contributed by atoms with Gasteiger partial charge < -0.3 is 14.5 Å². The van der Waals surface area contributed by atoms with Crippen molar-refractivity contribution in [3.63, 3.8) is 0 Å². The van der Waals surface area contributed by atoms with E-state index in [0.29, 0.717) is 5.68 Å². The van der Waals surface area contributed by atoms with Crippen LogP contribution in [0.1, 0.15) is 0 Å². The molecule has 0 atom stereocenters. The predicted molar refractivity (Wildman–Crippen MR) is 21.2 cm³/mol. The van der Waals surface area contributed by atoms with E-state index in [1.807, 2.05) is 0 Å². The van der Waals surface area contributed by atoms with Crippen LogP contribution in [-0.4, -0.2) is 17.2 Å². The van der Waals surface area contributed by atoms with Gasteiger partial charge in [0, 0.05) is 28.1 Å². The molecule has 1 aromatic heterocycles. The molecule has 0 radical (unpaired) electrons. The second-order valence-electron chi connectivity index (χ2n) is 0.946. The number of nitrogens with zero attached hydrogens (tertiary/aromatic N) is 2. The van der Waals surface area contributed by atoms with Crippen molar-refractivity contribution in [2.24, 2.45) is 4.99 Å². The minimum absolute atomic E-state index is 0. The van der Waals surface area contributed by atoms with E-state index >= 15 is 0 Å². The fraction of sp³-hybridized carbons (Fsp3) is 0.333. The molecule has 1 rings (SSSR count). The summed E-state index contributed by atoms with van der Waals surface area (Å²) in [6.45, 7) is 0. The second-order valence-corrected chi connectivity index (χ2v) is 0.946. The number of rotatable bonds is 0. The first kappa shape index (κ1) is 7.63. The third kappa shape index (κ3) is 1.62. The minimum atomic E-state index is 0. The van der Waals surface area contributed by atoms with Gasteiger partial charge in [0.25, 0.3) is 0 Å². The number of hydrogen-bond donors (Lipinski definition) is 1. The van der Waals surface area contributed by atoms with Gasteiger partial charge in [-0.1, -0.05) is 0 Å². The van der Waals surface area contributed by atoms with Crippen molar-refractivity contribution in [1.82, 2.24) is 10.2 Å². The van der Waals surface area contributed by atoms with Crippen LogP contribution in [0, 0.1) is 6.39 Å². The van der Waals surface area contributed by atoms with E-state index in [-0.39, 0.29) is 21.1 Å². The molecule has 0 amide bonds. The van der Waals surface area contributed by atoms with Gasteiger partial charge in [-0.15, -0.1) is 0 Å². The van der Waals surface area contributed by atoms with Crippen molar-refractivity contribution in [3.05, 3.63) is 12.1 Å². The van der Waals surface area contributed by atoms with Crippen LogP contribution in [0.15, 0.2) is 9.41 Å². The molecule has 4 nitrogen and oxygen atoms in total. The average molecular weight is 282 g/mol. The quantitative estimate of drug-likeness (QED) is 0.642. The summed E-state index contributed by atoms with van der Waals surface area (Å²) in [6.07, 6.45) is 2.21. The van der Waals surface area contributed by atoms with E-state index in [1.165, 1.54) is 0 Å². The summed E-state index contributed by atoms with van der Waals surface area (Å²) in [5, 5.41) is 5.83. The zero-order valence-corrected chi connectivity index (χ0v) is 7.14. The van der Waals surface area contributed by atoms with Gasteiger partial charge >= 0.3 is 0 Å². The number of H-pyrrole nitrogens is 1. The van der Waals surface area contributed by atoms with E-state index in [1.54, 1.807) is 7.05 Å². The SMILES string of the molecule is CN=c1[nH]n[c-]o1.[W]. The van der Waals surface area contributed by atoms with Gasteiger partial charge in [0.05, 0.1) is 6.39 Å². The van der Waals surface area contributed by atoms with Gasteiger partial charge in [0.1, 0.15) is 5.68 Å². The molecule has 44 valence electrons. The molecule has 0 saturated heterocycles. The van der Waals surface area contributed by atoms with Gasteiger partial charge in [0.15, 0.2) is 0 Å². The Morgan fingerprint density at radius 3 is 2.88 bits per heavy atom. The Morgan fingerprint density at radius 2 is 2.62 bits per heavy atom. The van der Waals surface area contributed by atoms with Crippen LogP contribution < -0.4 is 5.68 Å². The number of nitrogens with one attached hydrogen (secondary N) is 1. The average Bonchev–Trinajstić information content (AvgIpc) is 2.14. The van der Waals surface area contributed by atoms with Crippen LogP contribution in [0.3, 0.4) is 0 Å². The predicted octanol–water partition coefficient (Wildman–Crippen LogP) is -0.669. The summed E-state index contributed by atoms with van der Waals surface area (Å²) in [6, 6.07) is 0. The summed E-state index contributed by atoms with van der Waals surface area (Å²) >= 11 is 0. The monoisotopic (exact) mass is 282 g/mol. The third-order valence-electron chi connectivity index (χ3n) is 0.543. The molecule has 5 heteroatoms. The molecule has 0 aliphatic carbocycles. The topological polar surface area (TPSA) is 54.2 Å². The van der Waals surface area contributed by atoms with Crippen molar-refractivity contribution in [1.29, 1.82) is 0 Å². The molecule has 0 spiro atoms. The van der Waals surface area contributed by atoms with Gasteiger partial charge in [-0.25, -0.2) is 0 Å². The molecule has 8 heavy (non-hydrogen) atoms. The van der Waals surface area contributed by atoms with Crippen LogP contribution in [0.5, 0.6) is 0 Å². The smallest absolute Gasteiger partial charge is 0.147 e. The summed E-state index contributed by atoms with van der Waals surface area (Å²) in [5.41, 5.74) is 0.389. The van der Waals surface area contributed by atoms with E-state index in [4.69, 9.17) is 0 Å². The van der Waals surface area contributed by atoms with Crippen LogP contribution >= 0.6 is 0 Å². The molecule has 1 aromatic rings. The van der Waals surface area contributed by atoms with Gasteiger partial charge in [0.2, 0.25) is 0 Å². The first-order chi connectivity index (χ1) is 3.43. The largest absolute Gasteiger partial charge is 0.598 e. The maximum atomic E-state index is 4.52. The van der Waals surface area contributed by atoms with E-state index in [9.17, 15) is 0 Å². The summed E-state index contributed by atoms with van der Waals surface area (Å²) < 4.78 is 4.52. The van der Waals surface area contributed by atoms with Gasteiger partial charge in [-0.3, -0.25) is 5.10 Å². The van der Waals surface area contributed by atoms with Crippen molar-refractivity contribution in [2.75, 3.05) is 7.05 Å². The normalized spacial score (nSPS) is 10.9. The molecule has 0 aliphatic rings. The molecular weight excluding hydrogens is 278 g/mol. The number of aromatic nitrogens is 2. The zero-order chi connectivity index (χ0) is 5.11. The Kier molecular flexibility index (Phi) is 3.44. The standard InChI is InChI=1S/C3H4N3O.W/c1-4-3-6-5-2-7-3;/h1H3,(H,4,6);/q-1;. The fourth-order valence-electron chi connectivity index (χ4n) is 0.255. The molecule has 1 N–H and O–H groups in total. The molecular formula is C3H4N3OW-. The number of aromatic amines is 1. The van der Waals surface area contributed by atoms with Crippen molar-refractivity contribution < 1.29 is 25.5 Å². The van der Waals surface area contributed by atoms with Crippen LogP contribution in [-0.2, 0) is 21.1 Å². The third-order valence-corrected chi connectivity index (χ3v) is 0.543. The molecule has 0 aliphatic heterocycles. The zero-order valence-electron chi connectivity index (χ0n) is 4.21. The molecule has 0 saturated carbocycles. The molecule has 0 bridgehead atoms. The second kappa shape index (κ2) is 3.61. The maximum absolute atomic E-state index is 4.52. The fourth-order valence-corrected chi connectivity index (χ4v) is 0.255. The molecule has 0 aromatic carbocycles. The Balaban J connectivity index is 0.000000490. The van der Waals surface area contributed by atoms with Crippen molar-refractivity contribution in [3.8, 4) is 0 Å². The van der Waals surface area contributed by atoms with Crippen LogP contribution in [0.4, 0.5) is 0 Å². The van der Waals surface area contributed by atoms with E-state index in [2.05, 4.69) is 26.0 Å².